The molecule has 2 N–H and O–H groups in total. The molecule has 132 valence electrons. The summed E-state index contributed by atoms with van der Waals surface area (Å²) in [4.78, 5) is 29.1. The van der Waals surface area contributed by atoms with E-state index in [1.54, 1.807) is 24.3 Å². The molecule has 0 spiro atoms. The van der Waals surface area contributed by atoms with Crippen molar-refractivity contribution in [2.45, 2.75) is 24.8 Å². The van der Waals surface area contributed by atoms with Crippen molar-refractivity contribution in [2.75, 3.05) is 18.2 Å². The fourth-order valence-electron chi connectivity index (χ4n) is 2.06. The number of nitrogens with zero attached hydrogens (tertiary/aromatic N) is 1. The summed E-state index contributed by atoms with van der Waals surface area (Å²) in [6, 6.07) is 10.7. The average Bonchev–Trinajstić information content (AvgIpc) is 2.60. The Labute approximate surface area is 151 Å². The molecular weight excluding hydrogens is 338 g/mol. The minimum absolute atomic E-state index is 0.0606. The van der Waals surface area contributed by atoms with Crippen molar-refractivity contribution in [3.05, 3.63) is 48.2 Å². The van der Waals surface area contributed by atoms with E-state index in [2.05, 4.69) is 15.6 Å². The zero-order chi connectivity index (χ0) is 18.2. The lowest BCUT2D eigenvalue weighted by atomic mass is 10.2. The number of pyridine rings is 1. The van der Waals surface area contributed by atoms with E-state index in [0.29, 0.717) is 17.1 Å². The average molecular weight is 359 g/mol. The van der Waals surface area contributed by atoms with Gasteiger partial charge in [0.25, 0.3) is 5.91 Å². The molecule has 2 aromatic rings. The van der Waals surface area contributed by atoms with E-state index < -0.39 is 0 Å². The summed E-state index contributed by atoms with van der Waals surface area (Å²) in [7, 11) is 1.53. The lowest BCUT2D eigenvalue weighted by Gasteiger charge is -2.11. The van der Waals surface area contributed by atoms with Crippen molar-refractivity contribution in [1.82, 2.24) is 10.3 Å². The zero-order valence-electron chi connectivity index (χ0n) is 14.4. The van der Waals surface area contributed by atoms with Gasteiger partial charge < -0.3 is 15.4 Å². The third kappa shape index (κ3) is 5.79. The van der Waals surface area contributed by atoms with E-state index in [-0.39, 0.29) is 23.6 Å². The second-order valence-corrected chi connectivity index (χ2v) is 6.57. The minimum Gasteiger partial charge on any atom is -0.481 e. The summed E-state index contributed by atoms with van der Waals surface area (Å²) < 4.78 is 4.99. The smallest absolute Gasteiger partial charge is 0.256 e. The molecule has 0 unspecified atom stereocenters. The molecular formula is C18H21N3O3S. The summed E-state index contributed by atoms with van der Waals surface area (Å²) in [5, 5.41) is 5.63. The molecule has 1 heterocycles. The number of rotatable bonds is 7. The van der Waals surface area contributed by atoms with Gasteiger partial charge >= 0.3 is 0 Å². The highest BCUT2D eigenvalue weighted by molar-refractivity contribution is 8.00. The molecule has 25 heavy (non-hydrogen) atoms. The normalized spacial score (nSPS) is 10.4. The van der Waals surface area contributed by atoms with Crippen molar-refractivity contribution in [2.24, 2.45) is 0 Å². The van der Waals surface area contributed by atoms with Crippen LogP contribution in [0.25, 0.3) is 0 Å². The number of hydrogen-bond donors (Lipinski definition) is 2. The van der Waals surface area contributed by atoms with Crippen LogP contribution in [0.2, 0.25) is 0 Å². The first-order valence-corrected chi connectivity index (χ1v) is 8.80. The van der Waals surface area contributed by atoms with Crippen LogP contribution in [-0.2, 0) is 4.79 Å². The fourth-order valence-corrected chi connectivity index (χ4v) is 2.92. The van der Waals surface area contributed by atoms with Crippen molar-refractivity contribution in [1.29, 1.82) is 0 Å². The topological polar surface area (TPSA) is 80.3 Å². The van der Waals surface area contributed by atoms with Gasteiger partial charge in [-0.1, -0.05) is 12.1 Å². The molecule has 1 aromatic carbocycles. The SMILES string of the molecule is COc1ccc(NC(=O)c2ccccc2SCC(=O)NC(C)C)cn1. The molecule has 0 atom stereocenters. The van der Waals surface area contributed by atoms with Crippen LogP contribution in [0.15, 0.2) is 47.5 Å². The van der Waals surface area contributed by atoms with Crippen LogP contribution in [0.3, 0.4) is 0 Å². The van der Waals surface area contributed by atoms with Crippen molar-refractivity contribution in [3.8, 4) is 5.88 Å². The van der Waals surface area contributed by atoms with Gasteiger partial charge in [-0.15, -0.1) is 11.8 Å². The number of benzene rings is 1. The van der Waals surface area contributed by atoms with Crippen LogP contribution in [0.4, 0.5) is 5.69 Å². The summed E-state index contributed by atoms with van der Waals surface area (Å²) in [5.74, 6) is 0.422. The van der Waals surface area contributed by atoms with Gasteiger partial charge in [0.2, 0.25) is 11.8 Å². The Kier molecular flexibility index (Phi) is 6.82. The van der Waals surface area contributed by atoms with E-state index in [1.165, 1.54) is 25.1 Å². The Balaban J connectivity index is 2.05. The van der Waals surface area contributed by atoms with Crippen LogP contribution in [0.5, 0.6) is 5.88 Å². The second-order valence-electron chi connectivity index (χ2n) is 5.55. The van der Waals surface area contributed by atoms with E-state index in [1.807, 2.05) is 26.0 Å². The van der Waals surface area contributed by atoms with Gasteiger partial charge in [0.15, 0.2) is 0 Å². The lowest BCUT2D eigenvalue weighted by molar-refractivity contribution is -0.119. The van der Waals surface area contributed by atoms with Crippen LogP contribution in [-0.4, -0.2) is 35.7 Å². The molecule has 2 rings (SSSR count). The monoisotopic (exact) mass is 359 g/mol. The number of carbonyl (C=O) groups is 2. The quantitative estimate of drug-likeness (QED) is 0.743. The first-order valence-electron chi connectivity index (χ1n) is 7.82. The van der Waals surface area contributed by atoms with Gasteiger partial charge in [-0.3, -0.25) is 9.59 Å². The molecule has 0 aliphatic rings. The van der Waals surface area contributed by atoms with Gasteiger partial charge in [-0.2, -0.15) is 0 Å². The maximum absolute atomic E-state index is 12.5. The molecule has 1 aromatic heterocycles. The number of anilines is 1. The first kappa shape index (κ1) is 18.8. The third-order valence-corrected chi connectivity index (χ3v) is 4.22. The van der Waals surface area contributed by atoms with Crippen molar-refractivity contribution >= 4 is 29.3 Å². The summed E-state index contributed by atoms with van der Waals surface area (Å²) >= 11 is 1.33. The molecule has 6 nitrogen and oxygen atoms in total. The second kappa shape index (κ2) is 9.08. The molecule has 0 fully saturated rings. The number of amides is 2. The molecule has 0 aliphatic heterocycles. The van der Waals surface area contributed by atoms with Gasteiger partial charge in [-0.25, -0.2) is 4.98 Å². The number of carbonyl (C=O) groups excluding carboxylic acids is 2. The minimum atomic E-state index is -0.251. The number of thioether (sulfide) groups is 1. The lowest BCUT2D eigenvalue weighted by Crippen LogP contribution is -2.31. The molecule has 7 heteroatoms. The predicted molar refractivity (Wildman–Crippen MR) is 99.2 cm³/mol. The van der Waals surface area contributed by atoms with Gasteiger partial charge in [-0.05, 0) is 32.0 Å². The number of aromatic nitrogens is 1. The summed E-state index contributed by atoms with van der Waals surface area (Å²) in [6.45, 7) is 3.82. The Bertz CT molecular complexity index is 733. The maximum atomic E-state index is 12.5. The number of ether oxygens (including phenoxy) is 1. The number of methoxy groups -OCH3 is 1. The molecule has 0 aliphatic carbocycles. The van der Waals surface area contributed by atoms with E-state index in [4.69, 9.17) is 4.74 Å². The Morgan fingerprint density at radius 1 is 1.20 bits per heavy atom. The van der Waals surface area contributed by atoms with E-state index in [0.717, 1.165) is 4.90 Å². The van der Waals surface area contributed by atoms with Crippen molar-refractivity contribution < 1.29 is 14.3 Å². The van der Waals surface area contributed by atoms with Crippen LogP contribution in [0.1, 0.15) is 24.2 Å². The maximum Gasteiger partial charge on any atom is 0.256 e. The molecule has 0 saturated heterocycles. The van der Waals surface area contributed by atoms with Gasteiger partial charge in [0, 0.05) is 17.0 Å². The number of hydrogen-bond acceptors (Lipinski definition) is 5. The standard InChI is InChI=1S/C18H21N3O3S/c1-12(2)20-16(22)11-25-15-7-5-4-6-14(15)18(23)21-13-8-9-17(24-3)19-10-13/h4-10,12H,11H2,1-3H3,(H,20,22)(H,21,23). The Morgan fingerprint density at radius 2 is 1.96 bits per heavy atom. The Morgan fingerprint density at radius 3 is 2.60 bits per heavy atom. The molecule has 0 bridgehead atoms. The van der Waals surface area contributed by atoms with Crippen LogP contribution >= 0.6 is 11.8 Å². The van der Waals surface area contributed by atoms with Gasteiger partial charge in [0.05, 0.1) is 30.3 Å². The summed E-state index contributed by atoms with van der Waals surface area (Å²) in [5.41, 5.74) is 1.09. The highest BCUT2D eigenvalue weighted by Crippen LogP contribution is 2.23. The van der Waals surface area contributed by atoms with E-state index >= 15 is 0 Å². The molecule has 0 saturated carbocycles. The highest BCUT2D eigenvalue weighted by atomic mass is 32.2. The first-order chi connectivity index (χ1) is 12.0. The van der Waals surface area contributed by atoms with Crippen molar-refractivity contribution in [3.63, 3.8) is 0 Å². The van der Waals surface area contributed by atoms with Crippen LogP contribution in [0, 0.1) is 0 Å². The predicted octanol–water partition coefficient (Wildman–Crippen LogP) is 2.96. The molecule has 2 amide bonds. The van der Waals surface area contributed by atoms with Gasteiger partial charge in [0.1, 0.15) is 0 Å². The van der Waals surface area contributed by atoms with E-state index in [9.17, 15) is 9.59 Å². The highest BCUT2D eigenvalue weighted by Gasteiger charge is 2.13. The largest absolute Gasteiger partial charge is 0.481 e. The zero-order valence-corrected chi connectivity index (χ0v) is 15.2. The summed E-state index contributed by atoms with van der Waals surface area (Å²) in [6.07, 6.45) is 1.53. The Hall–Kier alpha value is -2.54. The van der Waals surface area contributed by atoms with Crippen LogP contribution < -0.4 is 15.4 Å². The number of nitrogens with one attached hydrogen (secondary N) is 2. The third-order valence-electron chi connectivity index (χ3n) is 3.14. The fraction of sp³-hybridized carbons (Fsp3) is 0.278. The molecule has 0 radical (unpaired) electrons.